The second kappa shape index (κ2) is 5.87. The molecule has 2 N–H and O–H groups in total. The molecule has 1 aromatic rings. The van der Waals surface area contributed by atoms with Crippen LogP contribution in [0.4, 0.5) is 0 Å². The number of piperidine rings is 1. The topological polar surface area (TPSA) is 50.4 Å². The fourth-order valence-corrected chi connectivity index (χ4v) is 2.35. The molecule has 1 fully saturated rings. The molecular weight excluding hydrogens is 228 g/mol. The molecule has 1 saturated heterocycles. The Bertz CT molecular complexity index is 420. The van der Waals surface area contributed by atoms with Gasteiger partial charge >= 0.3 is 0 Å². The fraction of sp³-hybridized carbons (Fsp3) is 0.500. The number of methoxy groups -OCH3 is 1. The lowest BCUT2D eigenvalue weighted by Crippen LogP contribution is -2.48. The first-order valence-corrected chi connectivity index (χ1v) is 6.39. The van der Waals surface area contributed by atoms with Crippen molar-refractivity contribution in [3.63, 3.8) is 0 Å². The molecule has 2 rings (SSSR count). The number of ether oxygens (including phenoxy) is 1. The van der Waals surface area contributed by atoms with Gasteiger partial charge in [-0.15, -0.1) is 0 Å². The first-order valence-electron chi connectivity index (χ1n) is 6.39. The molecule has 98 valence electrons. The summed E-state index contributed by atoms with van der Waals surface area (Å²) < 4.78 is 5.34. The van der Waals surface area contributed by atoms with Gasteiger partial charge in [-0.2, -0.15) is 0 Å². The Labute approximate surface area is 108 Å². The van der Waals surface area contributed by atoms with Crippen molar-refractivity contribution >= 4 is 5.91 Å². The maximum atomic E-state index is 11.7. The molecule has 1 aliphatic heterocycles. The third kappa shape index (κ3) is 2.82. The lowest BCUT2D eigenvalue weighted by molar-refractivity contribution is -0.124. The van der Waals surface area contributed by atoms with Gasteiger partial charge in [-0.1, -0.05) is 18.2 Å². The molecule has 4 nitrogen and oxygen atoms in total. The van der Waals surface area contributed by atoms with Crippen LogP contribution in [0.1, 0.15) is 31.4 Å². The maximum absolute atomic E-state index is 11.7. The van der Waals surface area contributed by atoms with Gasteiger partial charge in [0.15, 0.2) is 0 Å². The van der Waals surface area contributed by atoms with Crippen molar-refractivity contribution in [2.24, 2.45) is 0 Å². The van der Waals surface area contributed by atoms with E-state index < -0.39 is 0 Å². The van der Waals surface area contributed by atoms with Gasteiger partial charge in [-0.3, -0.25) is 10.1 Å². The van der Waals surface area contributed by atoms with Crippen LogP contribution in [0.3, 0.4) is 0 Å². The molecule has 0 bridgehead atoms. The Kier molecular flexibility index (Phi) is 4.20. The summed E-state index contributed by atoms with van der Waals surface area (Å²) in [4.78, 5) is 11.7. The summed E-state index contributed by atoms with van der Waals surface area (Å²) in [6.45, 7) is 2.85. The number of nitrogens with one attached hydrogen (secondary N) is 2. The highest BCUT2D eigenvalue weighted by Crippen LogP contribution is 2.25. The third-order valence-corrected chi connectivity index (χ3v) is 3.34. The predicted octanol–water partition coefficient (Wildman–Crippen LogP) is 1.62. The van der Waals surface area contributed by atoms with Crippen molar-refractivity contribution in [2.75, 3.05) is 13.7 Å². The molecule has 1 aromatic carbocycles. The molecule has 1 aliphatic rings. The zero-order valence-electron chi connectivity index (χ0n) is 10.9. The van der Waals surface area contributed by atoms with E-state index in [4.69, 9.17) is 4.74 Å². The monoisotopic (exact) mass is 248 g/mol. The standard InChI is InChI=1S/C14H20N2O2/c1-10(11-6-3-4-8-13(11)18-2)16-12-7-5-9-15-14(12)17/h3-4,6,8,10,12,16H,5,7,9H2,1-2H3,(H,15,17). The summed E-state index contributed by atoms with van der Waals surface area (Å²) >= 11 is 0. The van der Waals surface area contributed by atoms with Crippen molar-refractivity contribution < 1.29 is 9.53 Å². The molecule has 1 heterocycles. The lowest BCUT2D eigenvalue weighted by Gasteiger charge is -2.27. The van der Waals surface area contributed by atoms with E-state index in [0.29, 0.717) is 0 Å². The summed E-state index contributed by atoms with van der Waals surface area (Å²) in [6.07, 6.45) is 1.92. The Balaban J connectivity index is 2.06. The van der Waals surface area contributed by atoms with Crippen LogP contribution < -0.4 is 15.4 Å². The van der Waals surface area contributed by atoms with Crippen molar-refractivity contribution in [3.05, 3.63) is 29.8 Å². The summed E-state index contributed by atoms with van der Waals surface area (Å²) in [6, 6.07) is 7.89. The number of hydrogen-bond acceptors (Lipinski definition) is 3. The molecule has 4 heteroatoms. The summed E-state index contributed by atoms with van der Waals surface area (Å²) in [7, 11) is 1.67. The van der Waals surface area contributed by atoms with E-state index in [9.17, 15) is 4.79 Å². The molecule has 2 atom stereocenters. The number of para-hydroxylation sites is 1. The average molecular weight is 248 g/mol. The normalized spacial score (nSPS) is 21.2. The van der Waals surface area contributed by atoms with E-state index in [-0.39, 0.29) is 18.0 Å². The zero-order valence-corrected chi connectivity index (χ0v) is 10.9. The molecule has 18 heavy (non-hydrogen) atoms. The van der Waals surface area contributed by atoms with Crippen molar-refractivity contribution in [1.29, 1.82) is 0 Å². The molecule has 0 aliphatic carbocycles. The summed E-state index contributed by atoms with van der Waals surface area (Å²) in [5.74, 6) is 0.955. The van der Waals surface area contributed by atoms with E-state index in [1.54, 1.807) is 7.11 Å². The molecular formula is C14H20N2O2. The summed E-state index contributed by atoms with van der Waals surface area (Å²) in [5, 5.41) is 6.25. The molecule has 1 amide bonds. The van der Waals surface area contributed by atoms with Crippen LogP contribution in [0, 0.1) is 0 Å². The van der Waals surface area contributed by atoms with E-state index in [2.05, 4.69) is 17.6 Å². The SMILES string of the molecule is COc1ccccc1C(C)NC1CCCNC1=O. The zero-order chi connectivity index (χ0) is 13.0. The Morgan fingerprint density at radius 3 is 2.94 bits per heavy atom. The fourth-order valence-electron chi connectivity index (χ4n) is 2.35. The van der Waals surface area contributed by atoms with E-state index in [0.717, 1.165) is 30.7 Å². The van der Waals surface area contributed by atoms with Gasteiger partial charge in [0.1, 0.15) is 5.75 Å². The second-order valence-corrected chi connectivity index (χ2v) is 4.62. The Morgan fingerprint density at radius 1 is 1.44 bits per heavy atom. The molecule has 0 radical (unpaired) electrons. The van der Waals surface area contributed by atoms with Gasteiger partial charge in [0.2, 0.25) is 5.91 Å². The van der Waals surface area contributed by atoms with Crippen LogP contribution >= 0.6 is 0 Å². The molecule has 2 unspecified atom stereocenters. The highest BCUT2D eigenvalue weighted by atomic mass is 16.5. The van der Waals surface area contributed by atoms with Crippen LogP contribution in [0.15, 0.2) is 24.3 Å². The first-order chi connectivity index (χ1) is 8.72. The highest BCUT2D eigenvalue weighted by molar-refractivity contribution is 5.82. The minimum Gasteiger partial charge on any atom is -0.496 e. The van der Waals surface area contributed by atoms with Gasteiger partial charge < -0.3 is 10.1 Å². The molecule has 0 spiro atoms. The van der Waals surface area contributed by atoms with Gasteiger partial charge in [-0.25, -0.2) is 0 Å². The van der Waals surface area contributed by atoms with Crippen molar-refractivity contribution in [3.8, 4) is 5.75 Å². The Morgan fingerprint density at radius 2 is 2.22 bits per heavy atom. The third-order valence-electron chi connectivity index (χ3n) is 3.34. The smallest absolute Gasteiger partial charge is 0.237 e. The number of carbonyl (C=O) groups is 1. The average Bonchev–Trinajstić information content (AvgIpc) is 2.41. The number of amides is 1. The lowest BCUT2D eigenvalue weighted by atomic mass is 10.0. The predicted molar refractivity (Wildman–Crippen MR) is 70.6 cm³/mol. The van der Waals surface area contributed by atoms with Crippen LogP contribution in [-0.2, 0) is 4.79 Å². The van der Waals surface area contributed by atoms with E-state index in [1.807, 2.05) is 24.3 Å². The van der Waals surface area contributed by atoms with Gasteiger partial charge in [0, 0.05) is 18.2 Å². The number of hydrogen-bond donors (Lipinski definition) is 2. The van der Waals surface area contributed by atoms with Crippen molar-refractivity contribution in [1.82, 2.24) is 10.6 Å². The van der Waals surface area contributed by atoms with E-state index in [1.165, 1.54) is 0 Å². The van der Waals surface area contributed by atoms with E-state index >= 15 is 0 Å². The number of benzene rings is 1. The van der Waals surface area contributed by atoms with Crippen LogP contribution in [0.5, 0.6) is 5.75 Å². The number of carbonyl (C=O) groups excluding carboxylic acids is 1. The summed E-state index contributed by atoms with van der Waals surface area (Å²) in [5.41, 5.74) is 1.08. The van der Waals surface area contributed by atoms with Gasteiger partial charge in [0.25, 0.3) is 0 Å². The first kappa shape index (κ1) is 12.9. The maximum Gasteiger partial charge on any atom is 0.237 e. The second-order valence-electron chi connectivity index (χ2n) is 4.62. The van der Waals surface area contributed by atoms with Gasteiger partial charge in [-0.05, 0) is 25.8 Å². The minimum absolute atomic E-state index is 0.0926. The molecule has 0 saturated carbocycles. The molecule has 0 aromatic heterocycles. The van der Waals surface area contributed by atoms with Crippen LogP contribution in [0.25, 0.3) is 0 Å². The minimum atomic E-state index is -0.0985. The van der Waals surface area contributed by atoms with Crippen LogP contribution in [0.2, 0.25) is 0 Å². The number of rotatable bonds is 4. The van der Waals surface area contributed by atoms with Crippen molar-refractivity contribution in [2.45, 2.75) is 31.8 Å². The van der Waals surface area contributed by atoms with Crippen LogP contribution in [-0.4, -0.2) is 25.6 Å². The highest BCUT2D eigenvalue weighted by Gasteiger charge is 2.24. The quantitative estimate of drug-likeness (QED) is 0.851. The largest absolute Gasteiger partial charge is 0.496 e. The Hall–Kier alpha value is -1.55. The van der Waals surface area contributed by atoms with Gasteiger partial charge in [0.05, 0.1) is 13.2 Å².